The quantitative estimate of drug-likeness (QED) is 0.855. The maximum absolute atomic E-state index is 10.2. The average Bonchev–Trinajstić information content (AvgIpc) is 2.87. The fourth-order valence-electron chi connectivity index (χ4n) is 0.920. The Morgan fingerprint density at radius 2 is 2.47 bits per heavy atom. The number of hydrogen-bond donors (Lipinski definition) is 1. The first-order valence-electron chi connectivity index (χ1n) is 6.41. The van der Waals surface area contributed by atoms with Gasteiger partial charge in [0.1, 0.15) is 6.08 Å². The van der Waals surface area contributed by atoms with Crippen LogP contribution in [0.2, 0.25) is 5.02 Å². The Morgan fingerprint density at radius 3 is 3.20 bits per heavy atom. The van der Waals surface area contributed by atoms with Gasteiger partial charge in [-0.15, -0.1) is 10.2 Å². The van der Waals surface area contributed by atoms with Crippen LogP contribution in [-0.2, 0) is 6.50 Å². The van der Waals surface area contributed by atoms with Crippen molar-refractivity contribution in [2.45, 2.75) is 12.6 Å². The zero-order valence-electron chi connectivity index (χ0n) is 12.3. The fourth-order valence-corrected chi connectivity index (χ4v) is 1.12. The summed E-state index contributed by atoms with van der Waals surface area (Å²) >= 11 is 5.84. The van der Waals surface area contributed by atoms with Crippen LogP contribution in [-0.4, -0.2) is 25.3 Å². The lowest BCUT2D eigenvalue weighted by atomic mass is 10.1. The third kappa shape index (κ3) is 2.31. The summed E-state index contributed by atoms with van der Waals surface area (Å²) in [4.78, 5) is 0.439. The van der Waals surface area contributed by atoms with E-state index in [1.165, 1.54) is 0 Å². The summed E-state index contributed by atoms with van der Waals surface area (Å²) in [5, 5.41) is 20.1. The van der Waals surface area contributed by atoms with E-state index in [2.05, 4.69) is 15.4 Å². The second-order valence-electron chi connectivity index (χ2n) is 2.52. The molecule has 0 saturated heterocycles. The third-order valence-corrected chi connectivity index (χ3v) is 1.88. The van der Waals surface area contributed by atoms with Gasteiger partial charge in [-0.2, -0.15) is 4.80 Å². The molecule has 1 atom stereocenters. The van der Waals surface area contributed by atoms with Gasteiger partial charge in [-0.05, 0) is 11.3 Å². The number of halogens is 1. The lowest BCUT2D eigenvalue weighted by molar-refractivity contribution is 0.144. The van der Waals surface area contributed by atoms with E-state index >= 15 is 0 Å². The second kappa shape index (κ2) is 4.37. The molecule has 0 aliphatic carbocycles. The molecule has 2 rings (SSSR count). The molecule has 15 heavy (non-hydrogen) atoms. The van der Waals surface area contributed by atoms with Crippen LogP contribution < -0.4 is 0 Å². The number of aromatic nitrogens is 4. The predicted octanol–water partition coefficient (Wildman–Crippen LogP) is 1.06. The second-order valence-corrected chi connectivity index (χ2v) is 2.93. The SMILES string of the molecule is [2H]c1cc(Cl)c(C([2H])(O)C([2H])([2H])n2ncnn2)cc1[2H]. The molecule has 0 bridgehead atoms. The molecule has 5 nitrogen and oxygen atoms in total. The molecule has 78 valence electrons. The highest BCUT2D eigenvalue weighted by Crippen LogP contribution is 2.22. The zero-order chi connectivity index (χ0) is 15.1. The van der Waals surface area contributed by atoms with Gasteiger partial charge in [0.05, 0.1) is 13.4 Å². The van der Waals surface area contributed by atoms with Gasteiger partial charge in [0.15, 0.2) is 6.33 Å². The van der Waals surface area contributed by atoms with Gasteiger partial charge in [0.2, 0.25) is 0 Å². The fraction of sp³-hybridized carbons (Fsp3) is 0.222. The van der Waals surface area contributed by atoms with Crippen LogP contribution in [0.3, 0.4) is 0 Å². The van der Waals surface area contributed by atoms with E-state index in [0.29, 0.717) is 4.80 Å². The minimum atomic E-state index is -2.87. The van der Waals surface area contributed by atoms with Crippen LogP contribution in [0, 0.1) is 0 Å². The summed E-state index contributed by atoms with van der Waals surface area (Å²) < 4.78 is 38.4. The summed E-state index contributed by atoms with van der Waals surface area (Å²) in [6.07, 6.45) is -1.91. The maximum Gasteiger partial charge on any atom is 0.162 e. The highest BCUT2D eigenvalue weighted by molar-refractivity contribution is 6.31. The first-order chi connectivity index (χ1) is 9.18. The lowest BCUT2D eigenvalue weighted by Gasteiger charge is -2.10. The van der Waals surface area contributed by atoms with Gasteiger partial charge in [0.25, 0.3) is 0 Å². The molecule has 6 heteroatoms. The van der Waals surface area contributed by atoms with Crippen LogP contribution in [0.5, 0.6) is 0 Å². The number of nitrogens with zero attached hydrogens (tertiary/aromatic N) is 4. The highest BCUT2D eigenvalue weighted by Gasteiger charge is 2.12. The summed E-state index contributed by atoms with van der Waals surface area (Å²) in [5.41, 5.74) is -0.359. The molecule has 0 fully saturated rings. The predicted molar refractivity (Wildman–Crippen MR) is 54.2 cm³/mol. The molecule has 0 aliphatic rings. The van der Waals surface area contributed by atoms with Crippen molar-refractivity contribution < 1.29 is 12.0 Å². The van der Waals surface area contributed by atoms with Gasteiger partial charge in [-0.1, -0.05) is 29.8 Å². The van der Waals surface area contributed by atoms with Crippen LogP contribution in [0.15, 0.2) is 30.5 Å². The van der Waals surface area contributed by atoms with E-state index in [4.69, 9.17) is 18.5 Å². The number of aliphatic hydroxyl groups is 1. The summed E-state index contributed by atoms with van der Waals surface area (Å²) in [6, 6.07) is 1.53. The van der Waals surface area contributed by atoms with Crippen molar-refractivity contribution in [3.63, 3.8) is 0 Å². The average molecular weight is 230 g/mol. The first-order valence-corrected chi connectivity index (χ1v) is 4.29. The van der Waals surface area contributed by atoms with Crippen LogP contribution >= 0.6 is 11.6 Å². The highest BCUT2D eigenvalue weighted by atomic mass is 35.5. The van der Waals surface area contributed by atoms with Crippen molar-refractivity contribution in [1.29, 1.82) is 0 Å². The van der Waals surface area contributed by atoms with E-state index in [9.17, 15) is 5.11 Å². The topological polar surface area (TPSA) is 63.8 Å². The Balaban J connectivity index is 2.58. The Morgan fingerprint density at radius 1 is 1.67 bits per heavy atom. The molecule has 1 aromatic heterocycles. The van der Waals surface area contributed by atoms with Crippen molar-refractivity contribution in [3.8, 4) is 0 Å². The minimum absolute atomic E-state index is 0.200. The largest absolute Gasteiger partial charge is 0.386 e. The minimum Gasteiger partial charge on any atom is -0.386 e. The molecule has 1 N–H and O–H groups in total. The maximum atomic E-state index is 10.2. The zero-order valence-corrected chi connectivity index (χ0v) is 8.10. The smallest absolute Gasteiger partial charge is 0.162 e. The molecule has 0 amide bonds. The van der Waals surface area contributed by atoms with Crippen molar-refractivity contribution >= 4 is 11.6 Å². The van der Waals surface area contributed by atoms with E-state index < -0.39 is 12.6 Å². The number of rotatable bonds is 3. The Labute approximate surface area is 98.3 Å². The monoisotopic (exact) mass is 229 g/mol. The van der Waals surface area contributed by atoms with Gasteiger partial charge in [-0.3, -0.25) is 0 Å². The normalized spacial score (nSPS) is 20.5. The van der Waals surface area contributed by atoms with E-state index in [-0.39, 0.29) is 22.7 Å². The molecule has 2 aromatic rings. The van der Waals surface area contributed by atoms with E-state index in [0.717, 1.165) is 18.5 Å². The molecule has 0 saturated carbocycles. The number of hydrogen-bond acceptors (Lipinski definition) is 4. The van der Waals surface area contributed by atoms with Gasteiger partial charge >= 0.3 is 0 Å². The molecule has 0 aliphatic heterocycles. The Bertz CT molecular complexity index is 634. The van der Waals surface area contributed by atoms with Gasteiger partial charge in [0, 0.05) is 10.6 Å². The van der Waals surface area contributed by atoms with Gasteiger partial charge in [-0.25, -0.2) is 0 Å². The van der Waals surface area contributed by atoms with Crippen LogP contribution in [0.25, 0.3) is 0 Å². The van der Waals surface area contributed by atoms with Crippen molar-refractivity contribution in [1.82, 2.24) is 20.2 Å². The summed E-state index contributed by atoms with van der Waals surface area (Å²) in [5.74, 6) is 0. The number of tetrazole rings is 1. The molecular weight excluding hydrogens is 216 g/mol. The molecule has 1 aromatic carbocycles. The molecule has 0 radical (unpaired) electrons. The Hall–Kier alpha value is -1.46. The summed E-state index contributed by atoms with van der Waals surface area (Å²) in [7, 11) is 0. The molecule has 1 heterocycles. The van der Waals surface area contributed by atoms with Crippen molar-refractivity contribution in [2.75, 3.05) is 0 Å². The standard InChI is InChI=1S/C9H9ClN4O/c10-8-4-2-1-3-7(8)9(15)5-14-12-6-11-13-14/h1-4,6,9,15H,5H2/i1D,2D,5D2,9D. The van der Waals surface area contributed by atoms with E-state index in [1.54, 1.807) is 0 Å². The van der Waals surface area contributed by atoms with E-state index in [1.807, 2.05) is 0 Å². The lowest BCUT2D eigenvalue weighted by Crippen LogP contribution is -2.11. The molecule has 0 spiro atoms. The molecule has 1 unspecified atom stereocenters. The Kier molecular flexibility index (Phi) is 1.63. The third-order valence-electron chi connectivity index (χ3n) is 1.57. The van der Waals surface area contributed by atoms with Gasteiger partial charge < -0.3 is 5.11 Å². The van der Waals surface area contributed by atoms with Crippen LogP contribution in [0.4, 0.5) is 0 Å². The summed E-state index contributed by atoms with van der Waals surface area (Å²) in [6.45, 7) is -2.77. The first kappa shape index (κ1) is 5.58. The van der Waals surface area contributed by atoms with Crippen molar-refractivity contribution in [3.05, 3.63) is 41.1 Å². The molecular formula is C9H9ClN4O. The number of benzene rings is 1. The van der Waals surface area contributed by atoms with Crippen LogP contribution in [0.1, 0.15) is 18.5 Å². The van der Waals surface area contributed by atoms with Crippen molar-refractivity contribution in [2.24, 2.45) is 0 Å².